The zero-order valence-corrected chi connectivity index (χ0v) is 33.6. The number of aromatic nitrogens is 6. The Balaban J connectivity index is 0.699. The molecule has 3 atom stereocenters. The number of piperidine rings is 1. The van der Waals surface area contributed by atoms with E-state index in [9.17, 15) is 28.0 Å². The van der Waals surface area contributed by atoms with E-state index >= 15 is 0 Å². The summed E-state index contributed by atoms with van der Waals surface area (Å²) in [6.45, 7) is 5.76. The molecule has 1 aliphatic carbocycles. The third-order valence-corrected chi connectivity index (χ3v) is 13.2. The van der Waals surface area contributed by atoms with E-state index in [2.05, 4.69) is 45.8 Å². The Labute approximate surface area is 349 Å². The van der Waals surface area contributed by atoms with Crippen LogP contribution in [0, 0.1) is 5.92 Å². The Morgan fingerprint density at radius 3 is 2.54 bits per heavy atom. The highest BCUT2D eigenvalue weighted by atomic mass is 19.3. The summed E-state index contributed by atoms with van der Waals surface area (Å²) in [6.07, 6.45) is 8.89. The predicted octanol–water partition coefficient (Wildman–Crippen LogP) is 4.08. The number of alkyl halides is 2. The Hall–Kier alpha value is -5.79. The van der Waals surface area contributed by atoms with Gasteiger partial charge in [0.2, 0.25) is 17.7 Å². The Morgan fingerprint density at radius 1 is 0.967 bits per heavy atom. The summed E-state index contributed by atoms with van der Waals surface area (Å²) in [5.74, 6) is -0.492. The average Bonchev–Trinajstić information content (AvgIpc) is 4.11. The number of amides is 4. The third-order valence-electron chi connectivity index (χ3n) is 13.2. The van der Waals surface area contributed by atoms with Crippen molar-refractivity contribution in [2.75, 3.05) is 68.0 Å². The molecule has 320 valence electrons. The number of halogens is 2. The van der Waals surface area contributed by atoms with Crippen molar-refractivity contribution in [3.63, 3.8) is 0 Å². The Bertz CT molecular complexity index is 2490. The summed E-state index contributed by atoms with van der Waals surface area (Å²) in [4.78, 5) is 65.6. The number of carbonyl (C=O) groups is 4. The van der Waals surface area contributed by atoms with Gasteiger partial charge in [-0.05, 0) is 62.1 Å². The van der Waals surface area contributed by atoms with Gasteiger partial charge >= 0.3 is 0 Å². The number of hydrogen-bond donors (Lipinski definition) is 4. The summed E-state index contributed by atoms with van der Waals surface area (Å²) < 4.78 is 37.4. The van der Waals surface area contributed by atoms with Crippen molar-refractivity contribution in [3.8, 4) is 0 Å². The van der Waals surface area contributed by atoms with Gasteiger partial charge in [-0.1, -0.05) is 12.1 Å². The van der Waals surface area contributed by atoms with Crippen LogP contribution < -0.4 is 20.9 Å². The van der Waals surface area contributed by atoms with Gasteiger partial charge in [0.25, 0.3) is 12.3 Å². The summed E-state index contributed by atoms with van der Waals surface area (Å²) >= 11 is 0. The van der Waals surface area contributed by atoms with Gasteiger partial charge in [-0.2, -0.15) is 10.2 Å². The van der Waals surface area contributed by atoms with Crippen LogP contribution in [0.25, 0.3) is 16.6 Å². The van der Waals surface area contributed by atoms with Crippen molar-refractivity contribution in [1.29, 1.82) is 0 Å². The molecule has 2 bridgehead atoms. The number of imide groups is 1. The van der Waals surface area contributed by atoms with Crippen molar-refractivity contribution in [2.24, 2.45) is 5.92 Å². The molecule has 4 amide bonds. The molecule has 5 aliphatic rings. The van der Waals surface area contributed by atoms with Crippen LogP contribution >= 0.6 is 0 Å². The molecule has 0 radical (unpaired) electrons. The highest BCUT2D eigenvalue weighted by Crippen LogP contribution is 2.37. The lowest BCUT2D eigenvalue weighted by atomic mass is 9.85. The molecule has 4 aromatic heterocycles. The number of morpholine rings is 1. The summed E-state index contributed by atoms with van der Waals surface area (Å²) in [6, 6.07) is 7.65. The second kappa shape index (κ2) is 16.2. The summed E-state index contributed by atoms with van der Waals surface area (Å²) in [5, 5.41) is 17.6. The number of rotatable bonds is 11. The maximum Gasteiger partial charge on any atom is 0.284 e. The first kappa shape index (κ1) is 39.4. The van der Waals surface area contributed by atoms with Gasteiger partial charge in [0, 0.05) is 69.7 Å². The van der Waals surface area contributed by atoms with E-state index in [0.717, 1.165) is 93.7 Å². The standard InChI is InChI=1S/C42H48F2N12O5/c43-39(44)38-33(48-42(60)31-18-46-55-11-10-34(49-40(31)55)54-20-27-16-26(54)23-61-27)21-56(51-38)25-6-4-24(5-7-25)19-52-12-14-53(15-13-52)22-36(58)47-32-3-1-2-28-30(17-45-37(28)32)29-8-9-35(57)50-41(29)59/h1-3,10-11,17-18,21,24-27,29,39,45H,4-9,12-16,19-20,22-23H2,(H,47,58)(H,48,60)(H,50,57,59)/t24?,25?,26-,27-,29+/m0/s1. The topological polar surface area (TPSA) is 187 Å². The lowest BCUT2D eigenvalue weighted by Gasteiger charge is -2.38. The molecule has 4 N–H and O–H groups in total. The molecule has 4 aliphatic heterocycles. The SMILES string of the molecule is O=C1CC[C@H](c2c[nH]c3c(NC(=O)CN4CCN(CC5CCC(n6cc(NC(=O)c7cnn8ccc(N9C[C@@H]%10C[C@H]9CO%10)nc78)c(C(F)F)n6)CC5)CC4)cccc23)C(=O)N1. The van der Waals surface area contributed by atoms with Gasteiger partial charge in [-0.15, -0.1) is 0 Å². The first-order chi connectivity index (χ1) is 29.6. The number of carbonyl (C=O) groups excluding carboxylic acids is 4. The van der Waals surface area contributed by atoms with E-state index in [1.165, 1.54) is 16.9 Å². The molecule has 17 nitrogen and oxygen atoms in total. The summed E-state index contributed by atoms with van der Waals surface area (Å²) in [7, 11) is 0. The van der Waals surface area contributed by atoms with E-state index in [1.54, 1.807) is 17.1 Å². The monoisotopic (exact) mass is 838 g/mol. The number of anilines is 3. The molecule has 1 saturated carbocycles. The van der Waals surface area contributed by atoms with Crippen LogP contribution in [0.4, 0.5) is 26.0 Å². The highest BCUT2D eigenvalue weighted by Gasteiger charge is 2.40. The van der Waals surface area contributed by atoms with Crippen LogP contribution in [-0.4, -0.2) is 127 Å². The molecule has 0 unspecified atom stereocenters. The average molecular weight is 839 g/mol. The van der Waals surface area contributed by atoms with Crippen LogP contribution in [0.1, 0.15) is 84.9 Å². The zero-order valence-electron chi connectivity index (χ0n) is 33.6. The predicted molar refractivity (Wildman–Crippen MR) is 220 cm³/mol. The molecule has 1 aromatic carbocycles. The Kier molecular flexibility index (Phi) is 10.5. The fourth-order valence-corrected chi connectivity index (χ4v) is 9.94. The molecule has 4 saturated heterocycles. The number of para-hydroxylation sites is 1. The minimum absolute atomic E-state index is 0.0153. The number of ether oxygens (including phenoxy) is 1. The second-order valence-electron chi connectivity index (χ2n) is 17.0. The first-order valence-electron chi connectivity index (χ1n) is 21.2. The number of piperazine rings is 1. The molecular formula is C42H48F2N12O5. The van der Waals surface area contributed by atoms with Gasteiger partial charge in [-0.25, -0.2) is 18.3 Å². The molecule has 5 fully saturated rings. The van der Waals surface area contributed by atoms with Crippen LogP contribution in [0.2, 0.25) is 0 Å². The molecule has 8 heterocycles. The number of hydrogen-bond acceptors (Lipinski definition) is 11. The van der Waals surface area contributed by atoms with Crippen molar-refractivity contribution in [2.45, 2.75) is 75.5 Å². The third kappa shape index (κ3) is 7.85. The van der Waals surface area contributed by atoms with Crippen LogP contribution in [-0.2, 0) is 19.1 Å². The van der Waals surface area contributed by atoms with Gasteiger partial charge in [0.15, 0.2) is 11.3 Å². The lowest BCUT2D eigenvalue weighted by Crippen LogP contribution is -2.49. The fourth-order valence-electron chi connectivity index (χ4n) is 9.94. The molecule has 61 heavy (non-hydrogen) atoms. The number of nitrogens with zero attached hydrogens (tertiary/aromatic N) is 8. The van der Waals surface area contributed by atoms with E-state index < -0.39 is 23.9 Å². The van der Waals surface area contributed by atoms with Crippen molar-refractivity contribution in [1.82, 2.24) is 44.5 Å². The number of fused-ring (bicyclic) bond motifs is 4. The van der Waals surface area contributed by atoms with E-state index in [4.69, 9.17) is 9.72 Å². The van der Waals surface area contributed by atoms with Gasteiger partial charge in [-0.3, -0.25) is 34.1 Å². The van der Waals surface area contributed by atoms with Gasteiger partial charge < -0.3 is 30.2 Å². The van der Waals surface area contributed by atoms with Crippen LogP contribution in [0.3, 0.4) is 0 Å². The largest absolute Gasteiger partial charge is 0.374 e. The number of nitrogens with one attached hydrogen (secondary N) is 4. The smallest absolute Gasteiger partial charge is 0.284 e. The molecule has 10 rings (SSSR count). The van der Waals surface area contributed by atoms with Crippen molar-refractivity contribution < 1.29 is 32.7 Å². The fraction of sp³-hybridized carbons (Fsp3) is 0.500. The maximum absolute atomic E-state index is 14.3. The quantitative estimate of drug-likeness (QED) is 0.141. The van der Waals surface area contributed by atoms with E-state index in [0.29, 0.717) is 36.7 Å². The zero-order chi connectivity index (χ0) is 41.8. The van der Waals surface area contributed by atoms with Crippen molar-refractivity contribution in [3.05, 3.63) is 65.9 Å². The van der Waals surface area contributed by atoms with E-state index in [1.807, 2.05) is 24.3 Å². The maximum atomic E-state index is 14.3. The minimum atomic E-state index is -2.87. The lowest BCUT2D eigenvalue weighted by molar-refractivity contribution is -0.134. The minimum Gasteiger partial charge on any atom is -0.374 e. The van der Waals surface area contributed by atoms with Crippen molar-refractivity contribution >= 4 is 57.4 Å². The number of benzene rings is 1. The number of aromatic amines is 1. The molecular weight excluding hydrogens is 791 g/mol. The van der Waals surface area contributed by atoms with Gasteiger partial charge in [0.1, 0.15) is 11.4 Å². The molecule has 5 aromatic rings. The molecule has 0 spiro atoms. The highest BCUT2D eigenvalue weighted by molar-refractivity contribution is 6.08. The van der Waals surface area contributed by atoms with Gasteiger partial charge in [0.05, 0.1) is 60.3 Å². The number of H-pyrrole nitrogens is 1. The normalized spacial score (nSPS) is 24.9. The van der Waals surface area contributed by atoms with Crippen LogP contribution in [0.5, 0.6) is 0 Å². The van der Waals surface area contributed by atoms with Crippen LogP contribution in [0.15, 0.2) is 49.1 Å². The first-order valence-corrected chi connectivity index (χ1v) is 21.2. The second-order valence-corrected chi connectivity index (χ2v) is 17.0. The Morgan fingerprint density at radius 2 is 1.79 bits per heavy atom. The summed E-state index contributed by atoms with van der Waals surface area (Å²) in [5.41, 5.74) is 2.27. The molecule has 19 heteroatoms. The van der Waals surface area contributed by atoms with E-state index in [-0.39, 0.29) is 53.7 Å².